The molecule has 0 saturated heterocycles. The van der Waals surface area contributed by atoms with Gasteiger partial charge in [-0.15, -0.1) is 0 Å². The first kappa shape index (κ1) is 12.9. The Kier molecular flexibility index (Phi) is 5.52. The Morgan fingerprint density at radius 1 is 1.13 bits per heavy atom. The van der Waals surface area contributed by atoms with E-state index in [2.05, 4.69) is 9.44 Å². The molecule has 1 saturated carbocycles. The summed E-state index contributed by atoms with van der Waals surface area (Å²) in [6.45, 7) is 0.697. The maximum Gasteiger partial charge on any atom is 0.277 e. The zero-order chi connectivity index (χ0) is 11.1. The van der Waals surface area contributed by atoms with Gasteiger partial charge in [-0.05, 0) is 25.7 Å². The van der Waals surface area contributed by atoms with Gasteiger partial charge in [0.25, 0.3) is 10.2 Å². The highest BCUT2D eigenvalue weighted by molar-refractivity contribution is 7.87. The summed E-state index contributed by atoms with van der Waals surface area (Å²) in [4.78, 5) is 0. The van der Waals surface area contributed by atoms with Crippen LogP contribution >= 0.6 is 0 Å². The van der Waals surface area contributed by atoms with Crippen molar-refractivity contribution in [1.82, 2.24) is 9.44 Å². The van der Waals surface area contributed by atoms with Crippen molar-refractivity contribution < 1.29 is 13.5 Å². The summed E-state index contributed by atoms with van der Waals surface area (Å²) in [6.07, 6.45) is 5.44. The number of rotatable bonds is 9. The fraction of sp³-hybridized carbons (Fsp3) is 1.00. The average Bonchev–Trinajstić information content (AvgIpc) is 2.94. The maximum atomic E-state index is 11.3. The van der Waals surface area contributed by atoms with Gasteiger partial charge >= 0.3 is 0 Å². The summed E-state index contributed by atoms with van der Waals surface area (Å²) >= 11 is 0. The lowest BCUT2D eigenvalue weighted by Crippen LogP contribution is -2.38. The molecule has 0 spiro atoms. The predicted molar refractivity (Wildman–Crippen MR) is 58.6 cm³/mol. The van der Waals surface area contributed by atoms with Gasteiger partial charge in [0.05, 0.1) is 0 Å². The Hall–Kier alpha value is -0.170. The molecule has 15 heavy (non-hydrogen) atoms. The molecule has 0 atom stereocenters. The van der Waals surface area contributed by atoms with E-state index < -0.39 is 10.2 Å². The van der Waals surface area contributed by atoms with Crippen LogP contribution < -0.4 is 9.44 Å². The van der Waals surface area contributed by atoms with E-state index in [1.54, 1.807) is 0 Å². The largest absolute Gasteiger partial charge is 0.396 e. The van der Waals surface area contributed by atoms with Crippen LogP contribution in [0, 0.1) is 0 Å². The summed E-state index contributed by atoms with van der Waals surface area (Å²) in [5.41, 5.74) is 0. The lowest BCUT2D eigenvalue weighted by atomic mass is 10.2. The Labute approximate surface area is 91.4 Å². The highest BCUT2D eigenvalue weighted by Gasteiger charge is 2.26. The van der Waals surface area contributed by atoms with Crippen LogP contribution in [-0.2, 0) is 10.2 Å². The van der Waals surface area contributed by atoms with Gasteiger partial charge < -0.3 is 5.11 Å². The summed E-state index contributed by atoms with van der Waals surface area (Å²) in [6, 6.07) is 0.164. The Balaban J connectivity index is 1.98. The third-order valence-electron chi connectivity index (χ3n) is 2.28. The number of aliphatic hydroxyl groups is 1. The van der Waals surface area contributed by atoms with Crippen molar-refractivity contribution in [2.24, 2.45) is 0 Å². The number of aliphatic hydroxyl groups excluding tert-OH is 1. The molecular weight excluding hydrogens is 216 g/mol. The van der Waals surface area contributed by atoms with Crippen LogP contribution in [0.15, 0.2) is 0 Å². The monoisotopic (exact) mass is 236 g/mol. The fourth-order valence-corrected chi connectivity index (χ4v) is 2.43. The standard InChI is InChI=1S/C9H20N2O3S/c12-8-4-2-1-3-7-10-15(13,14)11-9-5-6-9/h9-12H,1-8H2. The Morgan fingerprint density at radius 3 is 2.40 bits per heavy atom. The molecule has 1 fully saturated rings. The normalized spacial score (nSPS) is 16.9. The van der Waals surface area contributed by atoms with Gasteiger partial charge in [-0.2, -0.15) is 13.1 Å². The van der Waals surface area contributed by atoms with Gasteiger partial charge in [0.1, 0.15) is 0 Å². The summed E-state index contributed by atoms with van der Waals surface area (Å²) < 4.78 is 27.7. The van der Waals surface area contributed by atoms with E-state index in [1.807, 2.05) is 0 Å². The van der Waals surface area contributed by atoms with Gasteiger partial charge in [-0.1, -0.05) is 12.8 Å². The van der Waals surface area contributed by atoms with Crippen LogP contribution in [-0.4, -0.2) is 32.7 Å². The number of hydrogen-bond donors (Lipinski definition) is 3. The average molecular weight is 236 g/mol. The van der Waals surface area contributed by atoms with Crippen molar-refractivity contribution in [2.45, 2.75) is 44.6 Å². The minimum absolute atomic E-state index is 0.164. The quantitative estimate of drug-likeness (QED) is 0.498. The van der Waals surface area contributed by atoms with Crippen molar-refractivity contribution in [1.29, 1.82) is 0 Å². The smallest absolute Gasteiger partial charge is 0.277 e. The molecule has 0 bridgehead atoms. The van der Waals surface area contributed by atoms with Gasteiger partial charge in [-0.25, -0.2) is 4.72 Å². The van der Waals surface area contributed by atoms with E-state index in [0.717, 1.165) is 38.5 Å². The van der Waals surface area contributed by atoms with E-state index >= 15 is 0 Å². The zero-order valence-corrected chi connectivity index (χ0v) is 9.72. The topological polar surface area (TPSA) is 78.4 Å². The second-order valence-electron chi connectivity index (χ2n) is 3.93. The first-order valence-electron chi connectivity index (χ1n) is 5.52. The predicted octanol–water partition coefficient (Wildman–Crippen LogP) is 0.125. The van der Waals surface area contributed by atoms with Crippen molar-refractivity contribution in [3.8, 4) is 0 Å². The molecular formula is C9H20N2O3S. The molecule has 1 rings (SSSR count). The maximum absolute atomic E-state index is 11.3. The molecule has 0 unspecified atom stereocenters. The third-order valence-corrected chi connectivity index (χ3v) is 3.50. The summed E-state index contributed by atoms with van der Waals surface area (Å²) in [7, 11) is -3.26. The van der Waals surface area contributed by atoms with E-state index in [-0.39, 0.29) is 12.6 Å². The zero-order valence-electron chi connectivity index (χ0n) is 8.91. The van der Waals surface area contributed by atoms with Crippen LogP contribution in [0.1, 0.15) is 38.5 Å². The van der Waals surface area contributed by atoms with E-state index in [0.29, 0.717) is 6.54 Å². The summed E-state index contributed by atoms with van der Waals surface area (Å²) in [5, 5.41) is 8.54. The van der Waals surface area contributed by atoms with Crippen molar-refractivity contribution >= 4 is 10.2 Å². The first-order chi connectivity index (χ1) is 7.14. The molecule has 90 valence electrons. The van der Waals surface area contributed by atoms with Crippen LogP contribution in [0.2, 0.25) is 0 Å². The van der Waals surface area contributed by atoms with E-state index in [9.17, 15) is 8.42 Å². The molecule has 0 radical (unpaired) electrons. The Bertz CT molecular complexity index is 263. The molecule has 0 aromatic heterocycles. The van der Waals surface area contributed by atoms with Gasteiger partial charge in [0.15, 0.2) is 0 Å². The van der Waals surface area contributed by atoms with Gasteiger partial charge in [0, 0.05) is 19.2 Å². The highest BCUT2D eigenvalue weighted by Crippen LogP contribution is 2.19. The van der Waals surface area contributed by atoms with Crippen LogP contribution in [0.4, 0.5) is 0 Å². The Morgan fingerprint density at radius 2 is 1.80 bits per heavy atom. The van der Waals surface area contributed by atoms with Gasteiger partial charge in [-0.3, -0.25) is 0 Å². The number of nitrogens with one attached hydrogen (secondary N) is 2. The molecule has 1 aliphatic rings. The van der Waals surface area contributed by atoms with Crippen molar-refractivity contribution in [3.05, 3.63) is 0 Å². The molecule has 0 heterocycles. The lowest BCUT2D eigenvalue weighted by Gasteiger charge is -2.06. The SMILES string of the molecule is O=S(=O)(NCCCCCCO)NC1CC1. The molecule has 1 aliphatic carbocycles. The van der Waals surface area contributed by atoms with E-state index in [1.165, 1.54) is 0 Å². The van der Waals surface area contributed by atoms with Crippen LogP contribution in [0.5, 0.6) is 0 Å². The molecule has 0 aromatic carbocycles. The fourth-order valence-electron chi connectivity index (χ4n) is 1.26. The minimum atomic E-state index is -3.26. The minimum Gasteiger partial charge on any atom is -0.396 e. The molecule has 0 amide bonds. The van der Waals surface area contributed by atoms with Crippen molar-refractivity contribution in [3.63, 3.8) is 0 Å². The van der Waals surface area contributed by atoms with Gasteiger partial charge in [0.2, 0.25) is 0 Å². The molecule has 6 heteroatoms. The van der Waals surface area contributed by atoms with E-state index in [4.69, 9.17) is 5.11 Å². The van der Waals surface area contributed by atoms with Crippen LogP contribution in [0.25, 0.3) is 0 Å². The third kappa shape index (κ3) is 6.83. The highest BCUT2D eigenvalue weighted by atomic mass is 32.2. The lowest BCUT2D eigenvalue weighted by molar-refractivity contribution is 0.282. The number of hydrogen-bond acceptors (Lipinski definition) is 3. The molecule has 5 nitrogen and oxygen atoms in total. The summed E-state index contributed by atoms with van der Waals surface area (Å²) in [5.74, 6) is 0. The number of unbranched alkanes of at least 4 members (excludes halogenated alkanes) is 3. The molecule has 0 aromatic rings. The molecule has 0 aliphatic heterocycles. The second-order valence-corrected chi connectivity index (χ2v) is 5.46. The van der Waals surface area contributed by atoms with Crippen molar-refractivity contribution in [2.75, 3.05) is 13.2 Å². The van der Waals surface area contributed by atoms with Crippen LogP contribution in [0.3, 0.4) is 0 Å². The first-order valence-corrected chi connectivity index (χ1v) is 7.00. The molecule has 3 N–H and O–H groups in total. The second kappa shape index (κ2) is 6.42.